The minimum Gasteiger partial charge on any atom is -0.330 e. The highest BCUT2D eigenvalue weighted by Crippen LogP contribution is 2.17. The number of nitrogens with zero attached hydrogens (tertiary/aromatic N) is 1. The number of rotatable bonds is 5. The van der Waals surface area contributed by atoms with Gasteiger partial charge in [-0.3, -0.25) is 4.98 Å². The molecule has 0 aliphatic rings. The Morgan fingerprint density at radius 1 is 1.17 bits per heavy atom. The third kappa shape index (κ3) is 3.05. The van der Waals surface area contributed by atoms with Crippen molar-refractivity contribution in [3.8, 4) is 0 Å². The van der Waals surface area contributed by atoms with Gasteiger partial charge in [0, 0.05) is 18.3 Å². The molecule has 0 saturated carbocycles. The van der Waals surface area contributed by atoms with E-state index in [9.17, 15) is 0 Å². The summed E-state index contributed by atoms with van der Waals surface area (Å²) in [5.41, 5.74) is 10.5. The Hall–Kier alpha value is -1.93. The van der Waals surface area contributed by atoms with Crippen LogP contribution in [0.5, 0.6) is 0 Å². The van der Waals surface area contributed by atoms with Crippen molar-refractivity contribution in [2.75, 3.05) is 6.54 Å². The summed E-state index contributed by atoms with van der Waals surface area (Å²) in [6.45, 7) is 4.48. The molecule has 2 heteroatoms. The van der Waals surface area contributed by atoms with Crippen LogP contribution in [0.2, 0.25) is 0 Å². The van der Waals surface area contributed by atoms with Crippen LogP contribution in [-0.4, -0.2) is 11.5 Å². The zero-order valence-electron chi connectivity index (χ0n) is 10.5. The molecular formula is C16H18N2. The number of aromatic nitrogens is 1. The lowest BCUT2D eigenvalue weighted by atomic mass is 9.97. The SMILES string of the molecule is C=Cc1ccc(CCN)c(Cc2ccccn2)c1. The van der Waals surface area contributed by atoms with Gasteiger partial charge in [0.25, 0.3) is 0 Å². The molecule has 0 aliphatic carbocycles. The second-order valence-electron chi connectivity index (χ2n) is 4.27. The maximum absolute atomic E-state index is 5.66. The molecule has 0 bridgehead atoms. The molecule has 92 valence electrons. The smallest absolute Gasteiger partial charge is 0.0447 e. The molecule has 1 aromatic carbocycles. The maximum Gasteiger partial charge on any atom is 0.0447 e. The van der Waals surface area contributed by atoms with Crippen LogP contribution in [0.25, 0.3) is 6.08 Å². The van der Waals surface area contributed by atoms with Crippen molar-refractivity contribution >= 4 is 6.08 Å². The molecule has 2 aromatic rings. The van der Waals surface area contributed by atoms with Crippen LogP contribution in [0.3, 0.4) is 0 Å². The number of hydrogen-bond donors (Lipinski definition) is 1. The predicted molar refractivity (Wildman–Crippen MR) is 76.3 cm³/mol. The minimum atomic E-state index is 0.669. The Bertz CT molecular complexity index is 518. The first-order valence-corrected chi connectivity index (χ1v) is 6.17. The highest BCUT2D eigenvalue weighted by molar-refractivity contribution is 5.50. The van der Waals surface area contributed by atoms with Crippen LogP contribution in [0.4, 0.5) is 0 Å². The van der Waals surface area contributed by atoms with E-state index in [-0.39, 0.29) is 0 Å². The molecule has 0 spiro atoms. The first kappa shape index (κ1) is 12.5. The number of hydrogen-bond acceptors (Lipinski definition) is 2. The van der Waals surface area contributed by atoms with Gasteiger partial charge in [0.15, 0.2) is 0 Å². The van der Waals surface area contributed by atoms with Gasteiger partial charge < -0.3 is 5.73 Å². The Kier molecular flexibility index (Phi) is 4.26. The van der Waals surface area contributed by atoms with Crippen LogP contribution in [0.1, 0.15) is 22.4 Å². The molecule has 18 heavy (non-hydrogen) atoms. The molecule has 1 heterocycles. The summed E-state index contributed by atoms with van der Waals surface area (Å²) in [5.74, 6) is 0. The summed E-state index contributed by atoms with van der Waals surface area (Å²) in [5, 5.41) is 0. The fraction of sp³-hybridized carbons (Fsp3) is 0.188. The molecule has 0 amide bonds. The average Bonchev–Trinajstić information content (AvgIpc) is 2.42. The van der Waals surface area contributed by atoms with Gasteiger partial charge in [-0.2, -0.15) is 0 Å². The third-order valence-electron chi connectivity index (χ3n) is 2.98. The number of nitrogens with two attached hydrogens (primary N) is 1. The molecular weight excluding hydrogens is 220 g/mol. The van der Waals surface area contributed by atoms with Crippen molar-refractivity contribution in [3.05, 3.63) is 71.6 Å². The molecule has 0 atom stereocenters. The first-order valence-electron chi connectivity index (χ1n) is 6.17. The Labute approximate surface area is 108 Å². The van der Waals surface area contributed by atoms with Crippen LogP contribution in [0, 0.1) is 0 Å². The van der Waals surface area contributed by atoms with Crippen molar-refractivity contribution in [2.45, 2.75) is 12.8 Å². The number of benzene rings is 1. The second kappa shape index (κ2) is 6.12. The normalized spacial score (nSPS) is 10.3. The van der Waals surface area contributed by atoms with Crippen LogP contribution in [0.15, 0.2) is 49.2 Å². The molecule has 0 saturated heterocycles. The lowest BCUT2D eigenvalue weighted by Gasteiger charge is -2.10. The van der Waals surface area contributed by atoms with E-state index >= 15 is 0 Å². The number of pyridine rings is 1. The predicted octanol–water partition coefficient (Wildman–Crippen LogP) is 2.82. The van der Waals surface area contributed by atoms with Crippen LogP contribution >= 0.6 is 0 Å². The highest BCUT2D eigenvalue weighted by Gasteiger charge is 2.04. The summed E-state index contributed by atoms with van der Waals surface area (Å²) in [4.78, 5) is 4.37. The third-order valence-corrected chi connectivity index (χ3v) is 2.98. The maximum atomic E-state index is 5.66. The average molecular weight is 238 g/mol. The Balaban J connectivity index is 2.31. The highest BCUT2D eigenvalue weighted by atomic mass is 14.7. The van der Waals surface area contributed by atoms with Gasteiger partial charge in [-0.1, -0.05) is 36.9 Å². The van der Waals surface area contributed by atoms with E-state index in [4.69, 9.17) is 5.73 Å². The summed E-state index contributed by atoms with van der Waals surface area (Å²) in [6.07, 6.45) is 5.45. The van der Waals surface area contributed by atoms with Gasteiger partial charge in [-0.15, -0.1) is 0 Å². The quantitative estimate of drug-likeness (QED) is 0.870. The van der Waals surface area contributed by atoms with Gasteiger partial charge in [-0.25, -0.2) is 0 Å². The molecule has 0 fully saturated rings. The van der Waals surface area contributed by atoms with Gasteiger partial charge in [0.05, 0.1) is 0 Å². The molecule has 1 aromatic heterocycles. The lowest BCUT2D eigenvalue weighted by Crippen LogP contribution is -2.06. The Morgan fingerprint density at radius 2 is 2.06 bits per heavy atom. The standard InChI is InChI=1S/C16H18N2/c1-2-13-6-7-14(8-9-17)15(11-13)12-16-5-3-4-10-18-16/h2-7,10-11H,1,8-9,12,17H2. The molecule has 0 unspecified atom stereocenters. The van der Waals surface area contributed by atoms with E-state index in [0.29, 0.717) is 6.54 Å². The van der Waals surface area contributed by atoms with Crippen LogP contribution in [-0.2, 0) is 12.8 Å². The van der Waals surface area contributed by atoms with Crippen molar-refractivity contribution in [1.82, 2.24) is 4.98 Å². The lowest BCUT2D eigenvalue weighted by molar-refractivity contribution is 0.937. The minimum absolute atomic E-state index is 0.669. The van der Waals surface area contributed by atoms with E-state index in [1.165, 1.54) is 11.1 Å². The van der Waals surface area contributed by atoms with Gasteiger partial charge >= 0.3 is 0 Å². The molecule has 2 rings (SSSR count). The monoisotopic (exact) mass is 238 g/mol. The van der Waals surface area contributed by atoms with Crippen molar-refractivity contribution in [1.29, 1.82) is 0 Å². The van der Waals surface area contributed by atoms with E-state index in [0.717, 1.165) is 24.1 Å². The Morgan fingerprint density at radius 3 is 2.72 bits per heavy atom. The molecule has 2 N–H and O–H groups in total. The topological polar surface area (TPSA) is 38.9 Å². The van der Waals surface area contributed by atoms with Crippen molar-refractivity contribution in [3.63, 3.8) is 0 Å². The van der Waals surface area contributed by atoms with Gasteiger partial charge in [-0.05, 0) is 41.8 Å². The summed E-state index contributed by atoms with van der Waals surface area (Å²) < 4.78 is 0. The summed E-state index contributed by atoms with van der Waals surface area (Å²) in [6, 6.07) is 12.4. The van der Waals surface area contributed by atoms with Gasteiger partial charge in [0.1, 0.15) is 0 Å². The second-order valence-corrected chi connectivity index (χ2v) is 4.27. The zero-order chi connectivity index (χ0) is 12.8. The van der Waals surface area contributed by atoms with Crippen LogP contribution < -0.4 is 5.73 Å². The molecule has 2 nitrogen and oxygen atoms in total. The van der Waals surface area contributed by atoms with Crippen molar-refractivity contribution in [2.24, 2.45) is 5.73 Å². The largest absolute Gasteiger partial charge is 0.330 e. The van der Waals surface area contributed by atoms with E-state index in [1.54, 1.807) is 0 Å². The van der Waals surface area contributed by atoms with Gasteiger partial charge in [0.2, 0.25) is 0 Å². The molecule has 0 aliphatic heterocycles. The summed E-state index contributed by atoms with van der Waals surface area (Å²) >= 11 is 0. The van der Waals surface area contributed by atoms with E-state index < -0.39 is 0 Å². The first-order chi connectivity index (χ1) is 8.83. The fourth-order valence-corrected chi connectivity index (χ4v) is 2.03. The van der Waals surface area contributed by atoms with E-state index in [1.807, 2.05) is 30.5 Å². The van der Waals surface area contributed by atoms with E-state index in [2.05, 4.69) is 29.8 Å². The zero-order valence-corrected chi connectivity index (χ0v) is 10.5. The fourth-order valence-electron chi connectivity index (χ4n) is 2.03. The summed E-state index contributed by atoms with van der Waals surface area (Å²) in [7, 11) is 0. The van der Waals surface area contributed by atoms with Crippen molar-refractivity contribution < 1.29 is 0 Å². The molecule has 0 radical (unpaired) electrons.